The number of hydrogen-bond acceptors (Lipinski definition) is 8. The SMILES string of the molecule is CCn1c(N2CCN(CCO)CC2)c(/C=C2\SC(=S)N(CCc3ccccc3)C2=O)c(C)c(C#N)c1=O. The molecular formula is C27H31N5O3S2. The van der Waals surface area contributed by atoms with Crippen LogP contribution in [0.4, 0.5) is 5.82 Å². The summed E-state index contributed by atoms with van der Waals surface area (Å²) in [5.41, 5.74) is 2.18. The van der Waals surface area contributed by atoms with E-state index in [0.717, 1.165) is 24.5 Å². The number of nitriles is 1. The molecule has 0 radical (unpaired) electrons. The highest BCUT2D eigenvalue weighted by molar-refractivity contribution is 8.26. The van der Waals surface area contributed by atoms with E-state index in [-0.39, 0.29) is 23.6 Å². The van der Waals surface area contributed by atoms with Crippen molar-refractivity contribution in [2.75, 3.05) is 50.8 Å². The molecule has 194 valence electrons. The zero-order chi connectivity index (χ0) is 26.5. The number of anilines is 1. The number of thioether (sulfide) groups is 1. The molecule has 0 bridgehead atoms. The summed E-state index contributed by atoms with van der Waals surface area (Å²) < 4.78 is 2.14. The number of nitrogens with zero attached hydrogens (tertiary/aromatic N) is 5. The van der Waals surface area contributed by atoms with E-state index in [1.165, 1.54) is 11.8 Å². The molecule has 2 aromatic rings. The largest absolute Gasteiger partial charge is 0.395 e. The average Bonchev–Trinajstić information content (AvgIpc) is 3.17. The predicted octanol–water partition coefficient (Wildman–Crippen LogP) is 2.61. The van der Waals surface area contributed by atoms with E-state index in [9.17, 15) is 20.0 Å². The molecule has 2 aliphatic heterocycles. The van der Waals surface area contributed by atoms with Crippen LogP contribution in [0.2, 0.25) is 0 Å². The van der Waals surface area contributed by atoms with Crippen molar-refractivity contribution in [3.63, 3.8) is 0 Å². The number of benzene rings is 1. The standard InChI is InChI=1S/C27H31N5O3S2/c1-3-31-24(30-13-11-29(12-14-30)15-16-33)21(19(2)22(18-28)25(31)34)17-23-26(35)32(27(36)37-23)10-9-20-7-5-4-6-8-20/h4-8,17,33H,3,9-16H2,1-2H3/b23-17-. The van der Waals surface area contributed by atoms with Crippen molar-refractivity contribution in [3.8, 4) is 6.07 Å². The first-order chi connectivity index (χ1) is 17.9. The molecule has 1 N–H and O–H groups in total. The number of thiocarbonyl (C=S) groups is 1. The molecule has 4 rings (SSSR count). The minimum Gasteiger partial charge on any atom is -0.395 e. The number of carbonyl (C=O) groups excluding carboxylic acids is 1. The molecule has 0 spiro atoms. The average molecular weight is 538 g/mol. The monoisotopic (exact) mass is 537 g/mol. The summed E-state index contributed by atoms with van der Waals surface area (Å²) in [6.45, 7) is 8.10. The summed E-state index contributed by atoms with van der Waals surface area (Å²) in [6, 6.07) is 12.0. The Morgan fingerprint density at radius 3 is 2.46 bits per heavy atom. The predicted molar refractivity (Wildman–Crippen MR) is 152 cm³/mol. The molecule has 0 aliphatic carbocycles. The zero-order valence-corrected chi connectivity index (χ0v) is 22.8. The van der Waals surface area contributed by atoms with Crippen molar-refractivity contribution >= 4 is 46.1 Å². The van der Waals surface area contributed by atoms with E-state index in [4.69, 9.17) is 12.2 Å². The number of aromatic nitrogens is 1. The van der Waals surface area contributed by atoms with Crippen molar-refractivity contribution < 1.29 is 9.90 Å². The summed E-state index contributed by atoms with van der Waals surface area (Å²) in [5, 5.41) is 19.1. The van der Waals surface area contributed by atoms with Crippen molar-refractivity contribution in [2.24, 2.45) is 0 Å². The highest BCUT2D eigenvalue weighted by atomic mass is 32.2. The Balaban J connectivity index is 1.71. The third-order valence-corrected chi connectivity index (χ3v) is 8.24. The third-order valence-electron chi connectivity index (χ3n) is 6.87. The smallest absolute Gasteiger partial charge is 0.270 e. The Bertz CT molecular complexity index is 1310. The van der Waals surface area contributed by atoms with Crippen LogP contribution in [0.1, 0.15) is 29.2 Å². The lowest BCUT2D eigenvalue weighted by Crippen LogP contribution is -2.49. The second-order valence-corrected chi connectivity index (χ2v) is 10.7. The number of pyridine rings is 1. The summed E-state index contributed by atoms with van der Waals surface area (Å²) in [5.74, 6) is 0.569. The molecular weight excluding hydrogens is 506 g/mol. The molecule has 0 unspecified atom stereocenters. The second-order valence-electron chi connectivity index (χ2n) is 9.02. The van der Waals surface area contributed by atoms with Crippen molar-refractivity contribution in [1.82, 2.24) is 14.4 Å². The molecule has 10 heteroatoms. The number of piperazine rings is 1. The number of aliphatic hydroxyl groups is 1. The Hall–Kier alpha value is -2.97. The van der Waals surface area contributed by atoms with Crippen LogP contribution in [-0.4, -0.2) is 75.6 Å². The fraction of sp³-hybridized carbons (Fsp3) is 0.407. The van der Waals surface area contributed by atoms with Gasteiger partial charge in [0.05, 0.1) is 11.5 Å². The van der Waals surface area contributed by atoms with Crippen LogP contribution in [0, 0.1) is 18.3 Å². The van der Waals surface area contributed by atoms with Gasteiger partial charge in [0.15, 0.2) is 0 Å². The number of hydrogen-bond donors (Lipinski definition) is 1. The van der Waals surface area contributed by atoms with Gasteiger partial charge in [-0.15, -0.1) is 0 Å². The van der Waals surface area contributed by atoms with Crippen LogP contribution in [0.15, 0.2) is 40.0 Å². The first-order valence-corrected chi connectivity index (χ1v) is 13.7. The van der Waals surface area contributed by atoms with Gasteiger partial charge < -0.3 is 10.0 Å². The van der Waals surface area contributed by atoms with E-state index in [0.29, 0.717) is 59.5 Å². The molecule has 2 aliphatic rings. The molecule has 8 nitrogen and oxygen atoms in total. The van der Waals surface area contributed by atoms with Crippen molar-refractivity contribution in [2.45, 2.75) is 26.8 Å². The van der Waals surface area contributed by atoms with Crippen LogP contribution in [-0.2, 0) is 17.8 Å². The van der Waals surface area contributed by atoms with Crippen LogP contribution < -0.4 is 10.5 Å². The number of rotatable bonds is 8. The third kappa shape index (κ3) is 5.65. The first-order valence-electron chi connectivity index (χ1n) is 12.4. The highest BCUT2D eigenvalue weighted by Gasteiger charge is 2.33. The maximum atomic E-state index is 13.4. The zero-order valence-electron chi connectivity index (χ0n) is 21.1. The van der Waals surface area contributed by atoms with E-state index in [2.05, 4.69) is 15.9 Å². The number of carbonyl (C=O) groups is 1. The molecule has 0 atom stereocenters. The Morgan fingerprint density at radius 2 is 1.84 bits per heavy atom. The first kappa shape index (κ1) is 27.1. The fourth-order valence-electron chi connectivity index (χ4n) is 4.81. The number of aliphatic hydroxyl groups excluding tert-OH is 1. The van der Waals surface area contributed by atoms with Crippen molar-refractivity contribution in [1.29, 1.82) is 5.26 Å². The molecule has 2 saturated heterocycles. The van der Waals surface area contributed by atoms with E-state index in [1.807, 2.05) is 37.3 Å². The van der Waals surface area contributed by atoms with Gasteiger partial charge in [0, 0.05) is 51.4 Å². The lowest BCUT2D eigenvalue weighted by molar-refractivity contribution is -0.122. The quantitative estimate of drug-likeness (QED) is 0.406. The van der Waals surface area contributed by atoms with Crippen molar-refractivity contribution in [3.05, 3.63) is 67.8 Å². The lowest BCUT2D eigenvalue weighted by Gasteiger charge is -2.37. The number of β-amino-alcohol motifs (C(OH)–C–C–N with tert-alkyl or cyclic N) is 1. The van der Waals surface area contributed by atoms with Crippen LogP contribution in [0.3, 0.4) is 0 Å². The maximum absolute atomic E-state index is 13.4. The Morgan fingerprint density at radius 1 is 1.14 bits per heavy atom. The summed E-state index contributed by atoms with van der Waals surface area (Å²) in [4.78, 5) is 33.1. The number of amides is 1. The summed E-state index contributed by atoms with van der Waals surface area (Å²) >= 11 is 6.81. The van der Waals surface area contributed by atoms with Gasteiger partial charge >= 0.3 is 0 Å². The van der Waals surface area contributed by atoms with E-state index in [1.54, 1.807) is 22.5 Å². The van der Waals surface area contributed by atoms with Gasteiger partial charge in [-0.3, -0.25) is 24.0 Å². The fourth-order valence-corrected chi connectivity index (χ4v) is 6.10. The lowest BCUT2D eigenvalue weighted by atomic mass is 10.0. The highest BCUT2D eigenvalue weighted by Crippen LogP contribution is 2.36. The molecule has 1 amide bonds. The van der Waals surface area contributed by atoms with Gasteiger partial charge in [-0.25, -0.2) is 0 Å². The summed E-state index contributed by atoms with van der Waals surface area (Å²) in [7, 11) is 0. The van der Waals surface area contributed by atoms with E-state index < -0.39 is 0 Å². The maximum Gasteiger partial charge on any atom is 0.270 e. The molecule has 1 aromatic carbocycles. The molecule has 3 heterocycles. The molecule has 2 fully saturated rings. The van der Waals surface area contributed by atoms with Crippen LogP contribution in [0.25, 0.3) is 6.08 Å². The minimum absolute atomic E-state index is 0.0929. The van der Waals surface area contributed by atoms with Gasteiger partial charge in [-0.1, -0.05) is 54.3 Å². The van der Waals surface area contributed by atoms with Crippen LogP contribution >= 0.6 is 24.0 Å². The normalized spacial score (nSPS) is 17.6. The topological polar surface area (TPSA) is 92.8 Å². The van der Waals surface area contributed by atoms with Gasteiger partial charge in [0.1, 0.15) is 21.8 Å². The Labute approximate surface area is 226 Å². The van der Waals surface area contributed by atoms with E-state index >= 15 is 0 Å². The van der Waals surface area contributed by atoms with Crippen LogP contribution in [0.5, 0.6) is 0 Å². The summed E-state index contributed by atoms with van der Waals surface area (Å²) in [6.07, 6.45) is 2.50. The van der Waals surface area contributed by atoms with Gasteiger partial charge in [-0.05, 0) is 37.5 Å². The van der Waals surface area contributed by atoms with Gasteiger partial charge in [0.2, 0.25) is 0 Å². The van der Waals surface area contributed by atoms with Gasteiger partial charge in [-0.2, -0.15) is 5.26 Å². The second kappa shape index (κ2) is 12.0. The van der Waals surface area contributed by atoms with Gasteiger partial charge in [0.25, 0.3) is 11.5 Å². The molecule has 37 heavy (non-hydrogen) atoms. The molecule has 1 aromatic heterocycles. The minimum atomic E-state index is -0.317. The molecule has 0 saturated carbocycles. The Kier molecular flexibility index (Phi) is 8.82.